The van der Waals surface area contributed by atoms with Crippen LogP contribution in [0.4, 0.5) is 0 Å². The Hall–Kier alpha value is -0.300. The summed E-state index contributed by atoms with van der Waals surface area (Å²) in [5.74, 6) is 0.773. The van der Waals surface area contributed by atoms with Gasteiger partial charge in [-0.15, -0.1) is 0 Å². The average Bonchev–Trinajstić information content (AvgIpc) is 2.17. The standard InChI is InChI=1S/C12H25N/c1-6-10(4)9-13-12(8-3)11(5)7-2/h11-13H,4,6-9H2,1-3,5H3. The Labute approximate surface area is 83.6 Å². The van der Waals surface area contributed by atoms with Crippen LogP contribution in [-0.4, -0.2) is 12.6 Å². The van der Waals surface area contributed by atoms with Gasteiger partial charge in [0, 0.05) is 12.6 Å². The van der Waals surface area contributed by atoms with Crippen LogP contribution < -0.4 is 5.32 Å². The van der Waals surface area contributed by atoms with Gasteiger partial charge >= 0.3 is 0 Å². The Morgan fingerprint density at radius 1 is 1.23 bits per heavy atom. The Kier molecular flexibility index (Phi) is 6.97. The van der Waals surface area contributed by atoms with Crippen LogP contribution in [0.25, 0.3) is 0 Å². The number of rotatable bonds is 7. The molecule has 1 nitrogen and oxygen atoms in total. The molecular formula is C12H25N. The molecule has 0 amide bonds. The van der Waals surface area contributed by atoms with Gasteiger partial charge in [-0.3, -0.25) is 0 Å². The summed E-state index contributed by atoms with van der Waals surface area (Å²) < 4.78 is 0. The van der Waals surface area contributed by atoms with Gasteiger partial charge in [-0.05, 0) is 18.8 Å². The van der Waals surface area contributed by atoms with Crippen molar-refractivity contribution in [2.24, 2.45) is 5.92 Å². The van der Waals surface area contributed by atoms with Crippen LogP contribution in [0.1, 0.15) is 47.0 Å². The molecule has 0 heterocycles. The second-order valence-electron chi connectivity index (χ2n) is 3.88. The van der Waals surface area contributed by atoms with Crippen LogP contribution in [0, 0.1) is 5.92 Å². The maximum atomic E-state index is 4.00. The molecule has 0 aliphatic rings. The molecule has 0 saturated heterocycles. The van der Waals surface area contributed by atoms with Crippen molar-refractivity contribution in [1.82, 2.24) is 5.32 Å². The molecule has 1 N–H and O–H groups in total. The van der Waals surface area contributed by atoms with E-state index in [1.807, 2.05) is 0 Å². The Bertz CT molecular complexity index is 140. The highest BCUT2D eigenvalue weighted by Crippen LogP contribution is 2.11. The highest BCUT2D eigenvalue weighted by Gasteiger charge is 2.12. The lowest BCUT2D eigenvalue weighted by atomic mass is 9.97. The van der Waals surface area contributed by atoms with Gasteiger partial charge in [0.05, 0.1) is 0 Å². The molecule has 2 unspecified atom stereocenters. The van der Waals surface area contributed by atoms with Crippen molar-refractivity contribution >= 4 is 0 Å². The second kappa shape index (κ2) is 7.14. The lowest BCUT2D eigenvalue weighted by Crippen LogP contribution is -2.35. The van der Waals surface area contributed by atoms with Gasteiger partial charge in [-0.2, -0.15) is 0 Å². The van der Waals surface area contributed by atoms with Crippen LogP contribution >= 0.6 is 0 Å². The third kappa shape index (κ3) is 5.09. The van der Waals surface area contributed by atoms with Crippen LogP contribution in [0.3, 0.4) is 0 Å². The van der Waals surface area contributed by atoms with Gasteiger partial charge in [0.25, 0.3) is 0 Å². The Morgan fingerprint density at radius 2 is 1.85 bits per heavy atom. The van der Waals surface area contributed by atoms with E-state index in [0.717, 1.165) is 18.9 Å². The Morgan fingerprint density at radius 3 is 2.23 bits per heavy atom. The van der Waals surface area contributed by atoms with Gasteiger partial charge in [0.15, 0.2) is 0 Å². The van der Waals surface area contributed by atoms with Crippen LogP contribution in [0.15, 0.2) is 12.2 Å². The molecular weight excluding hydrogens is 158 g/mol. The zero-order chi connectivity index (χ0) is 10.3. The Balaban J connectivity index is 3.78. The van der Waals surface area contributed by atoms with E-state index in [9.17, 15) is 0 Å². The molecule has 0 radical (unpaired) electrons. The van der Waals surface area contributed by atoms with E-state index in [1.165, 1.54) is 18.4 Å². The van der Waals surface area contributed by atoms with E-state index in [2.05, 4.69) is 39.6 Å². The molecule has 0 fully saturated rings. The number of hydrogen-bond acceptors (Lipinski definition) is 1. The van der Waals surface area contributed by atoms with Gasteiger partial charge in [-0.25, -0.2) is 0 Å². The summed E-state index contributed by atoms with van der Waals surface area (Å²) in [6.45, 7) is 14.0. The molecule has 0 saturated carbocycles. The smallest absolute Gasteiger partial charge is 0.0164 e. The summed E-state index contributed by atoms with van der Waals surface area (Å²) in [6, 6.07) is 0.660. The van der Waals surface area contributed by atoms with E-state index in [0.29, 0.717) is 6.04 Å². The first-order valence-corrected chi connectivity index (χ1v) is 5.55. The second-order valence-corrected chi connectivity index (χ2v) is 3.88. The molecule has 1 heteroatoms. The predicted molar refractivity (Wildman–Crippen MR) is 61.0 cm³/mol. The largest absolute Gasteiger partial charge is 0.310 e. The van der Waals surface area contributed by atoms with Crippen molar-refractivity contribution in [2.75, 3.05) is 6.54 Å². The summed E-state index contributed by atoms with van der Waals surface area (Å²) in [5.41, 5.74) is 1.31. The minimum atomic E-state index is 0.660. The summed E-state index contributed by atoms with van der Waals surface area (Å²) in [7, 11) is 0. The maximum Gasteiger partial charge on any atom is 0.0164 e. The molecule has 0 aromatic rings. The van der Waals surface area contributed by atoms with E-state index in [4.69, 9.17) is 0 Å². The molecule has 0 spiro atoms. The zero-order valence-electron chi connectivity index (χ0n) is 9.69. The molecule has 0 aromatic carbocycles. The van der Waals surface area contributed by atoms with Crippen molar-refractivity contribution in [3.05, 3.63) is 12.2 Å². The molecule has 2 atom stereocenters. The molecule has 0 bridgehead atoms. The van der Waals surface area contributed by atoms with Gasteiger partial charge in [-0.1, -0.05) is 46.3 Å². The van der Waals surface area contributed by atoms with Gasteiger partial charge in [0.2, 0.25) is 0 Å². The van der Waals surface area contributed by atoms with Gasteiger partial charge < -0.3 is 5.32 Å². The summed E-state index contributed by atoms with van der Waals surface area (Å²) in [4.78, 5) is 0. The fourth-order valence-corrected chi connectivity index (χ4v) is 1.43. The van der Waals surface area contributed by atoms with Crippen molar-refractivity contribution in [2.45, 2.75) is 53.0 Å². The van der Waals surface area contributed by atoms with Crippen LogP contribution in [0.5, 0.6) is 0 Å². The van der Waals surface area contributed by atoms with Crippen molar-refractivity contribution < 1.29 is 0 Å². The quantitative estimate of drug-likeness (QED) is 0.597. The normalized spacial score (nSPS) is 15.4. The fourth-order valence-electron chi connectivity index (χ4n) is 1.43. The van der Waals surface area contributed by atoms with E-state index >= 15 is 0 Å². The van der Waals surface area contributed by atoms with Crippen molar-refractivity contribution in [3.8, 4) is 0 Å². The third-order valence-corrected chi connectivity index (χ3v) is 2.88. The first-order chi connectivity index (χ1) is 6.15. The zero-order valence-corrected chi connectivity index (χ0v) is 9.69. The summed E-state index contributed by atoms with van der Waals surface area (Å²) >= 11 is 0. The van der Waals surface area contributed by atoms with Gasteiger partial charge in [0.1, 0.15) is 0 Å². The van der Waals surface area contributed by atoms with E-state index in [-0.39, 0.29) is 0 Å². The first-order valence-electron chi connectivity index (χ1n) is 5.55. The van der Waals surface area contributed by atoms with E-state index < -0.39 is 0 Å². The van der Waals surface area contributed by atoms with Crippen molar-refractivity contribution in [3.63, 3.8) is 0 Å². The molecule has 0 aromatic heterocycles. The monoisotopic (exact) mass is 183 g/mol. The molecule has 0 aliphatic carbocycles. The highest BCUT2D eigenvalue weighted by atomic mass is 14.9. The summed E-state index contributed by atoms with van der Waals surface area (Å²) in [5, 5.41) is 3.57. The van der Waals surface area contributed by atoms with E-state index in [1.54, 1.807) is 0 Å². The SMILES string of the molecule is C=C(CC)CNC(CC)C(C)CC. The minimum Gasteiger partial charge on any atom is -0.310 e. The highest BCUT2D eigenvalue weighted by molar-refractivity contribution is 4.96. The third-order valence-electron chi connectivity index (χ3n) is 2.88. The van der Waals surface area contributed by atoms with Crippen LogP contribution in [0.2, 0.25) is 0 Å². The molecule has 13 heavy (non-hydrogen) atoms. The fraction of sp³-hybridized carbons (Fsp3) is 0.833. The number of hydrogen-bond donors (Lipinski definition) is 1. The molecule has 78 valence electrons. The summed E-state index contributed by atoms with van der Waals surface area (Å²) in [6.07, 6.45) is 3.56. The lowest BCUT2D eigenvalue weighted by molar-refractivity contribution is 0.366. The predicted octanol–water partition coefficient (Wildman–Crippen LogP) is 3.37. The maximum absolute atomic E-state index is 4.00. The lowest BCUT2D eigenvalue weighted by Gasteiger charge is -2.23. The first kappa shape index (κ1) is 12.7. The topological polar surface area (TPSA) is 12.0 Å². The van der Waals surface area contributed by atoms with Crippen LogP contribution in [-0.2, 0) is 0 Å². The number of nitrogens with one attached hydrogen (secondary N) is 1. The molecule has 0 aliphatic heterocycles. The molecule has 0 rings (SSSR count). The van der Waals surface area contributed by atoms with Crippen molar-refractivity contribution in [1.29, 1.82) is 0 Å². The average molecular weight is 183 g/mol. The minimum absolute atomic E-state index is 0.660.